The monoisotopic (exact) mass is 462 g/mol. The first kappa shape index (κ1) is 22.2. The molecule has 1 rings (SSSR count). The number of rotatable bonds is 5. The molecule has 0 atom stereocenters. The molecule has 146 valence electrons. The minimum Gasteiger partial charge on any atom is -0.285 e. The molecule has 0 heterocycles. The lowest BCUT2D eigenvalue weighted by molar-refractivity contribution is -0.342. The fourth-order valence-electron chi connectivity index (χ4n) is 1.36. The minimum atomic E-state index is -7.04. The van der Waals surface area contributed by atoms with Crippen molar-refractivity contribution in [3.8, 4) is 0 Å². The second kappa shape index (κ2) is 7.04. The van der Waals surface area contributed by atoms with Crippen LogP contribution in [0.15, 0.2) is 33.8 Å². The molecular formula is C12H5BrF10N2O. The minimum absolute atomic E-state index is 0.298. The third kappa shape index (κ3) is 4.45. The second-order valence-electron chi connectivity index (χ2n) is 4.55. The van der Waals surface area contributed by atoms with Crippen LogP contribution >= 0.6 is 15.9 Å². The van der Waals surface area contributed by atoms with Crippen molar-refractivity contribution in [2.45, 2.75) is 24.2 Å². The summed E-state index contributed by atoms with van der Waals surface area (Å²) in [5, 5.41) is 2.25. The molecule has 0 aliphatic carbocycles. The number of benzene rings is 1. The molecule has 1 aromatic rings. The Morgan fingerprint density at radius 1 is 0.885 bits per heavy atom. The summed E-state index contributed by atoms with van der Waals surface area (Å²) in [4.78, 5) is 11.2. The number of nitrogens with zero attached hydrogens (tertiary/aromatic N) is 1. The molecule has 0 saturated carbocycles. The van der Waals surface area contributed by atoms with Gasteiger partial charge < -0.3 is 0 Å². The lowest BCUT2D eigenvalue weighted by Crippen LogP contribution is -2.59. The predicted molar refractivity (Wildman–Crippen MR) is 72.2 cm³/mol. The molecule has 0 radical (unpaired) electrons. The fourth-order valence-corrected chi connectivity index (χ4v) is 1.62. The van der Waals surface area contributed by atoms with Crippen LogP contribution in [-0.2, 0) is 4.79 Å². The second-order valence-corrected chi connectivity index (χ2v) is 5.47. The summed E-state index contributed by atoms with van der Waals surface area (Å²) >= 11 is 2.96. The quantitative estimate of drug-likeness (QED) is 0.372. The Balaban J connectivity index is 3.30. The molecule has 14 heteroatoms. The normalized spacial score (nSPS) is 14.3. The first-order valence-electron chi connectivity index (χ1n) is 6.05. The summed E-state index contributed by atoms with van der Waals surface area (Å²) in [6, 6.07) is 4.60. The number of ketones is 1. The molecule has 0 aliphatic rings. The van der Waals surface area contributed by atoms with E-state index < -0.39 is 35.7 Å². The van der Waals surface area contributed by atoms with Gasteiger partial charge in [-0.2, -0.15) is 49.0 Å². The summed E-state index contributed by atoms with van der Waals surface area (Å²) < 4.78 is 127. The van der Waals surface area contributed by atoms with Gasteiger partial charge in [0.05, 0.1) is 5.69 Å². The van der Waals surface area contributed by atoms with Crippen molar-refractivity contribution in [2.24, 2.45) is 5.10 Å². The van der Waals surface area contributed by atoms with Crippen molar-refractivity contribution < 1.29 is 48.7 Å². The molecule has 0 bridgehead atoms. The van der Waals surface area contributed by atoms with Crippen molar-refractivity contribution in [3.63, 3.8) is 0 Å². The van der Waals surface area contributed by atoms with Crippen LogP contribution in [0.3, 0.4) is 0 Å². The van der Waals surface area contributed by atoms with Gasteiger partial charge in [0.1, 0.15) is 0 Å². The van der Waals surface area contributed by atoms with E-state index >= 15 is 0 Å². The van der Waals surface area contributed by atoms with Gasteiger partial charge in [-0.3, -0.25) is 10.2 Å². The van der Waals surface area contributed by atoms with Crippen molar-refractivity contribution in [1.82, 2.24) is 0 Å². The van der Waals surface area contributed by atoms with Crippen molar-refractivity contribution in [2.75, 3.05) is 5.43 Å². The van der Waals surface area contributed by atoms with Gasteiger partial charge >= 0.3 is 24.2 Å². The molecular weight excluding hydrogens is 458 g/mol. The Kier molecular flexibility index (Phi) is 6.01. The molecule has 0 saturated heterocycles. The van der Waals surface area contributed by atoms with E-state index in [0.29, 0.717) is 4.47 Å². The van der Waals surface area contributed by atoms with E-state index in [2.05, 4.69) is 21.0 Å². The summed E-state index contributed by atoms with van der Waals surface area (Å²) in [6.45, 7) is 0. The summed E-state index contributed by atoms with van der Waals surface area (Å²) in [5.41, 5.74) is -1.97. The standard InChI is InChI=1S/C12H5BrF10N2O/c13-5-1-3-6(4-2-5)24-25-7(10(16,17)18)8(26)9(14,15)11(19,20)12(21,22)23/h1-4,24H/b25-7-. The van der Waals surface area contributed by atoms with E-state index in [1.165, 1.54) is 17.6 Å². The number of hydrogen-bond donors (Lipinski definition) is 1. The highest BCUT2D eigenvalue weighted by molar-refractivity contribution is 9.10. The van der Waals surface area contributed by atoms with E-state index in [9.17, 15) is 48.7 Å². The molecule has 3 nitrogen and oxygen atoms in total. The summed E-state index contributed by atoms with van der Waals surface area (Å²) in [6.07, 6.45) is -13.0. The first-order valence-corrected chi connectivity index (χ1v) is 6.84. The Bertz CT molecular complexity index is 693. The van der Waals surface area contributed by atoms with Gasteiger partial charge in [0.2, 0.25) is 5.71 Å². The molecule has 26 heavy (non-hydrogen) atoms. The maximum absolute atomic E-state index is 13.2. The van der Waals surface area contributed by atoms with Crippen LogP contribution in [0, 0.1) is 0 Å². The largest absolute Gasteiger partial charge is 0.460 e. The average Bonchev–Trinajstić information content (AvgIpc) is 2.46. The van der Waals surface area contributed by atoms with E-state index in [1.54, 1.807) is 0 Å². The number of anilines is 1. The topological polar surface area (TPSA) is 41.5 Å². The maximum atomic E-state index is 13.2. The van der Waals surface area contributed by atoms with Crippen LogP contribution < -0.4 is 5.43 Å². The number of hydrogen-bond acceptors (Lipinski definition) is 3. The zero-order chi connectivity index (χ0) is 20.6. The van der Waals surface area contributed by atoms with Crippen LogP contribution in [0.4, 0.5) is 49.6 Å². The van der Waals surface area contributed by atoms with Gasteiger partial charge in [0, 0.05) is 4.47 Å². The maximum Gasteiger partial charge on any atom is 0.460 e. The summed E-state index contributed by atoms with van der Waals surface area (Å²) in [7, 11) is 0. The highest BCUT2D eigenvalue weighted by Gasteiger charge is 2.77. The number of hydrazone groups is 1. The van der Waals surface area contributed by atoms with Crippen LogP contribution in [0.1, 0.15) is 0 Å². The van der Waals surface area contributed by atoms with Gasteiger partial charge in [-0.1, -0.05) is 15.9 Å². The number of carbonyl (C=O) groups excluding carboxylic acids is 1. The summed E-state index contributed by atoms with van der Waals surface area (Å²) in [5.74, 6) is -17.6. The SMILES string of the molecule is O=C(/C(=N/Nc1ccc(Br)cc1)C(F)(F)F)C(F)(F)C(F)(F)C(F)(F)F. The lowest BCUT2D eigenvalue weighted by Gasteiger charge is -2.27. The predicted octanol–water partition coefficient (Wildman–Crippen LogP) is 5.18. The highest BCUT2D eigenvalue weighted by Crippen LogP contribution is 2.47. The van der Waals surface area contributed by atoms with Gasteiger partial charge in [0.15, 0.2) is 0 Å². The van der Waals surface area contributed by atoms with Gasteiger partial charge in [-0.05, 0) is 24.3 Å². The number of nitrogens with one attached hydrogen (secondary N) is 1. The van der Waals surface area contributed by atoms with Crippen molar-refractivity contribution >= 4 is 33.1 Å². The third-order valence-electron chi connectivity index (χ3n) is 2.66. The highest BCUT2D eigenvalue weighted by atomic mass is 79.9. The number of halogens is 11. The Morgan fingerprint density at radius 3 is 1.73 bits per heavy atom. The Morgan fingerprint density at radius 2 is 1.35 bits per heavy atom. The van der Waals surface area contributed by atoms with Crippen molar-refractivity contribution in [1.29, 1.82) is 0 Å². The Labute approximate surface area is 146 Å². The zero-order valence-corrected chi connectivity index (χ0v) is 13.4. The van der Waals surface area contributed by atoms with Gasteiger partial charge in [0.25, 0.3) is 5.78 Å². The smallest absolute Gasteiger partial charge is 0.285 e. The molecule has 0 spiro atoms. The molecule has 1 aromatic carbocycles. The van der Waals surface area contributed by atoms with Crippen LogP contribution in [-0.4, -0.2) is 35.7 Å². The third-order valence-corrected chi connectivity index (χ3v) is 3.19. The molecule has 0 aliphatic heterocycles. The average molecular weight is 463 g/mol. The van der Waals surface area contributed by atoms with E-state index in [-0.39, 0.29) is 5.69 Å². The van der Waals surface area contributed by atoms with E-state index in [0.717, 1.165) is 12.1 Å². The molecule has 0 unspecified atom stereocenters. The van der Waals surface area contributed by atoms with E-state index in [4.69, 9.17) is 0 Å². The first-order chi connectivity index (χ1) is 11.5. The molecule has 0 aromatic heterocycles. The van der Waals surface area contributed by atoms with Gasteiger partial charge in [-0.15, -0.1) is 0 Å². The lowest BCUT2D eigenvalue weighted by atomic mass is 10.0. The number of carbonyl (C=O) groups is 1. The molecule has 0 fully saturated rings. The van der Waals surface area contributed by atoms with Crippen LogP contribution in [0.25, 0.3) is 0 Å². The van der Waals surface area contributed by atoms with E-state index in [1.807, 2.05) is 0 Å². The Hall–Kier alpha value is -1.86. The molecule has 0 amide bonds. The van der Waals surface area contributed by atoms with Gasteiger partial charge in [-0.25, -0.2) is 0 Å². The van der Waals surface area contributed by atoms with Crippen molar-refractivity contribution in [3.05, 3.63) is 28.7 Å². The zero-order valence-electron chi connectivity index (χ0n) is 11.8. The number of alkyl halides is 10. The van der Waals surface area contributed by atoms with Crippen LogP contribution in [0.5, 0.6) is 0 Å². The number of Topliss-reactive ketones (excluding diaryl/α,β-unsaturated/α-hetero) is 1. The van der Waals surface area contributed by atoms with Crippen LogP contribution in [0.2, 0.25) is 0 Å². The molecule has 1 N–H and O–H groups in total. The fraction of sp³-hybridized carbons (Fsp3) is 0.333.